The zero-order valence-electron chi connectivity index (χ0n) is 22.3. The summed E-state index contributed by atoms with van der Waals surface area (Å²) in [4.78, 5) is 13.7. The third-order valence-corrected chi connectivity index (χ3v) is 10.7. The summed E-state index contributed by atoms with van der Waals surface area (Å²) >= 11 is 0. The number of allylic oxidation sites excluding steroid dienone is 1. The molecule has 1 unspecified atom stereocenters. The maximum atomic E-state index is 13.7. The van der Waals surface area contributed by atoms with Crippen molar-refractivity contribution in [2.24, 2.45) is 0 Å². The highest BCUT2D eigenvalue weighted by atomic mass is 28.3. The van der Waals surface area contributed by atoms with Gasteiger partial charge in [0, 0.05) is 22.5 Å². The van der Waals surface area contributed by atoms with Gasteiger partial charge < -0.3 is 4.74 Å². The van der Waals surface area contributed by atoms with Gasteiger partial charge in [0.1, 0.15) is 0 Å². The fourth-order valence-electron chi connectivity index (χ4n) is 6.95. The second-order valence-corrected chi connectivity index (χ2v) is 17.0. The number of ketones is 1. The van der Waals surface area contributed by atoms with E-state index in [9.17, 15) is 4.79 Å². The van der Waals surface area contributed by atoms with Crippen molar-refractivity contribution in [2.75, 3.05) is 6.61 Å². The Kier molecular flexibility index (Phi) is 5.27. The summed E-state index contributed by atoms with van der Waals surface area (Å²) in [6, 6.07) is 32.3. The Morgan fingerprint density at radius 3 is 2.05 bits per heavy atom. The van der Waals surface area contributed by atoms with Crippen molar-refractivity contribution in [3.05, 3.63) is 136 Å². The van der Waals surface area contributed by atoms with Gasteiger partial charge >= 0.3 is 0 Å². The molecule has 1 aliphatic heterocycles. The Balaban J connectivity index is 1.40. The third-order valence-electron chi connectivity index (χ3n) is 8.67. The second kappa shape index (κ2) is 8.49. The largest absolute Gasteiger partial charge is 0.376 e. The van der Waals surface area contributed by atoms with Crippen LogP contribution in [0.4, 0.5) is 0 Å². The monoisotopic (exact) mass is 512 g/mol. The Bertz CT molecular complexity index is 1570. The molecule has 1 fully saturated rings. The first-order valence-electron chi connectivity index (χ1n) is 13.6. The van der Waals surface area contributed by atoms with Crippen LogP contribution < -0.4 is 5.19 Å². The highest BCUT2D eigenvalue weighted by molar-refractivity contribution is 6.90. The molecule has 188 valence electrons. The lowest BCUT2D eigenvalue weighted by Gasteiger charge is -2.32. The fraction of sp³-hybridized carbons (Fsp3) is 0.229. The van der Waals surface area contributed by atoms with Crippen LogP contribution in [0, 0.1) is 0 Å². The molecule has 38 heavy (non-hydrogen) atoms. The van der Waals surface area contributed by atoms with Gasteiger partial charge in [-0.3, -0.25) is 4.79 Å². The van der Waals surface area contributed by atoms with Crippen molar-refractivity contribution in [3.8, 4) is 11.1 Å². The minimum Gasteiger partial charge on any atom is -0.376 e. The molecule has 4 aromatic carbocycles. The maximum Gasteiger partial charge on any atom is 0.194 e. The molecule has 2 aliphatic carbocycles. The molecule has 0 radical (unpaired) electrons. The van der Waals surface area contributed by atoms with E-state index in [2.05, 4.69) is 105 Å². The summed E-state index contributed by atoms with van der Waals surface area (Å²) in [6.07, 6.45) is 3.51. The van der Waals surface area contributed by atoms with Crippen molar-refractivity contribution in [3.63, 3.8) is 0 Å². The van der Waals surface area contributed by atoms with E-state index in [1.165, 1.54) is 33.0 Å². The average molecular weight is 513 g/mol. The number of carbonyl (C=O) groups excluding carboxylic acids is 1. The van der Waals surface area contributed by atoms with Gasteiger partial charge in [0.25, 0.3) is 0 Å². The minimum atomic E-state index is -1.86. The third kappa shape index (κ3) is 3.45. The highest BCUT2D eigenvalue weighted by Crippen LogP contribution is 2.59. The molecule has 1 saturated carbocycles. The fourth-order valence-corrected chi connectivity index (χ4v) is 9.07. The number of carbonyl (C=O) groups is 1. The summed E-state index contributed by atoms with van der Waals surface area (Å²) < 4.78 is 6.29. The van der Waals surface area contributed by atoms with Crippen LogP contribution in [0.1, 0.15) is 50.5 Å². The molecular weight excluding hydrogens is 480 g/mol. The predicted molar refractivity (Wildman–Crippen MR) is 157 cm³/mol. The lowest BCUT2D eigenvalue weighted by Crippen LogP contribution is -2.45. The standard InChI is InChI=1S/C35H32O2Si/c1-38(2,3)34-31-22-37-21-23(29(31)19-30-27-16-10-11-17-28(27)33(36)32(30)34)18-26-20-35(26,24-12-6-4-7-13-24)25-14-8-5-9-15-25/h4-19,23H,20-22H2,1-3H3. The van der Waals surface area contributed by atoms with Gasteiger partial charge in [-0.05, 0) is 51.1 Å². The zero-order valence-corrected chi connectivity index (χ0v) is 23.3. The topological polar surface area (TPSA) is 26.3 Å². The van der Waals surface area contributed by atoms with E-state index in [4.69, 9.17) is 4.74 Å². The number of rotatable bonds is 4. The summed E-state index contributed by atoms with van der Waals surface area (Å²) in [5.74, 6) is 0.358. The van der Waals surface area contributed by atoms with Crippen molar-refractivity contribution < 1.29 is 9.53 Å². The minimum absolute atomic E-state index is 0.0684. The van der Waals surface area contributed by atoms with Gasteiger partial charge in [-0.2, -0.15) is 0 Å². The van der Waals surface area contributed by atoms with Gasteiger partial charge in [-0.25, -0.2) is 0 Å². The number of hydrogen-bond acceptors (Lipinski definition) is 2. The zero-order chi connectivity index (χ0) is 26.1. The molecule has 0 saturated heterocycles. The number of fused-ring (bicyclic) bond motifs is 4. The first-order valence-corrected chi connectivity index (χ1v) is 17.1. The summed E-state index contributed by atoms with van der Waals surface area (Å²) in [7, 11) is -1.86. The average Bonchev–Trinajstić information content (AvgIpc) is 3.60. The number of hydrogen-bond donors (Lipinski definition) is 0. The number of ether oxygens (including phenoxy) is 1. The number of benzene rings is 4. The van der Waals surface area contributed by atoms with Crippen LogP contribution in [-0.2, 0) is 16.8 Å². The van der Waals surface area contributed by atoms with E-state index in [-0.39, 0.29) is 17.1 Å². The molecule has 1 heterocycles. The summed E-state index contributed by atoms with van der Waals surface area (Å²) in [5, 5.41) is 1.29. The van der Waals surface area contributed by atoms with Crippen LogP contribution in [-0.4, -0.2) is 20.5 Å². The second-order valence-electron chi connectivity index (χ2n) is 12.0. The van der Waals surface area contributed by atoms with Gasteiger partial charge in [0.2, 0.25) is 0 Å². The van der Waals surface area contributed by atoms with E-state index in [0.717, 1.165) is 28.7 Å². The molecule has 7 rings (SSSR count). The van der Waals surface area contributed by atoms with Crippen LogP contribution in [0.3, 0.4) is 0 Å². The highest BCUT2D eigenvalue weighted by Gasteiger charge is 2.51. The Morgan fingerprint density at radius 1 is 0.816 bits per heavy atom. The van der Waals surface area contributed by atoms with Crippen molar-refractivity contribution in [2.45, 2.75) is 44.0 Å². The lowest BCUT2D eigenvalue weighted by atomic mass is 9.84. The van der Waals surface area contributed by atoms with E-state index < -0.39 is 8.07 Å². The quantitative estimate of drug-likeness (QED) is 0.186. The van der Waals surface area contributed by atoms with Gasteiger partial charge in [-0.1, -0.05) is 116 Å². The van der Waals surface area contributed by atoms with Crippen LogP contribution >= 0.6 is 0 Å². The van der Waals surface area contributed by atoms with E-state index in [1.807, 2.05) is 12.1 Å². The molecule has 0 amide bonds. The first kappa shape index (κ1) is 23.6. The van der Waals surface area contributed by atoms with Crippen molar-refractivity contribution >= 4 is 19.0 Å². The summed E-state index contributed by atoms with van der Waals surface area (Å²) in [6.45, 7) is 8.34. The van der Waals surface area contributed by atoms with Gasteiger partial charge in [0.05, 0.1) is 21.3 Å². The molecular formula is C35H32O2Si. The lowest BCUT2D eigenvalue weighted by molar-refractivity contribution is 0.101. The SMILES string of the molecule is C[Si](C)(C)c1c2c(cc3c1C(=O)c1ccccc1-3)C(C=C1CC1(c1ccccc1)c1ccccc1)COC2. The van der Waals surface area contributed by atoms with Crippen LogP contribution in [0.25, 0.3) is 11.1 Å². The first-order chi connectivity index (χ1) is 18.4. The Labute approximate surface area is 226 Å². The maximum absolute atomic E-state index is 13.7. The molecule has 0 bridgehead atoms. The molecule has 1 atom stereocenters. The van der Waals surface area contributed by atoms with Crippen LogP contribution in [0.2, 0.25) is 19.6 Å². The molecule has 2 nitrogen and oxygen atoms in total. The molecule has 0 aromatic heterocycles. The van der Waals surface area contributed by atoms with E-state index >= 15 is 0 Å². The molecule has 3 heteroatoms. The van der Waals surface area contributed by atoms with E-state index in [1.54, 1.807) is 0 Å². The van der Waals surface area contributed by atoms with Gasteiger partial charge in [-0.15, -0.1) is 0 Å². The Hall–Kier alpha value is -3.53. The van der Waals surface area contributed by atoms with Crippen LogP contribution in [0.5, 0.6) is 0 Å². The Morgan fingerprint density at radius 2 is 1.42 bits per heavy atom. The molecule has 4 aromatic rings. The normalized spacial score (nSPS) is 20.1. The smallest absolute Gasteiger partial charge is 0.194 e. The predicted octanol–water partition coefficient (Wildman–Crippen LogP) is 7.37. The molecule has 3 aliphatic rings. The summed E-state index contributed by atoms with van der Waals surface area (Å²) in [5.41, 5.74) is 10.7. The van der Waals surface area contributed by atoms with Crippen molar-refractivity contribution in [1.82, 2.24) is 0 Å². The molecule has 0 N–H and O–H groups in total. The van der Waals surface area contributed by atoms with Crippen molar-refractivity contribution in [1.29, 1.82) is 0 Å². The molecule has 0 spiro atoms. The van der Waals surface area contributed by atoms with E-state index in [0.29, 0.717) is 13.2 Å². The van der Waals surface area contributed by atoms with Crippen LogP contribution in [0.15, 0.2) is 103 Å². The van der Waals surface area contributed by atoms with Gasteiger partial charge in [0.15, 0.2) is 5.78 Å².